The van der Waals surface area contributed by atoms with Crippen molar-refractivity contribution in [1.29, 1.82) is 0 Å². The number of rotatable bonds is 5. The van der Waals surface area contributed by atoms with Crippen molar-refractivity contribution in [2.45, 2.75) is 51.1 Å². The zero-order valence-corrected chi connectivity index (χ0v) is 17.1. The summed E-state index contributed by atoms with van der Waals surface area (Å²) in [6.45, 7) is 9.72. The molecule has 0 spiro atoms. The average molecular weight is 381 g/mol. The van der Waals surface area contributed by atoms with Gasteiger partial charge in [0.1, 0.15) is 0 Å². The Morgan fingerprint density at radius 2 is 1.78 bits per heavy atom. The molecule has 4 nitrogen and oxygen atoms in total. The molecule has 1 heterocycles. The minimum atomic E-state index is -0.344. The second kappa shape index (κ2) is 7.69. The van der Waals surface area contributed by atoms with Crippen LogP contribution in [0.3, 0.4) is 0 Å². The van der Waals surface area contributed by atoms with Crippen LogP contribution in [-0.4, -0.2) is 20.6 Å². The quantitative estimate of drug-likeness (QED) is 0.357. The number of benzene rings is 2. The zero-order valence-electron chi connectivity index (χ0n) is 16.3. The van der Waals surface area contributed by atoms with Crippen molar-refractivity contribution >= 4 is 28.4 Å². The van der Waals surface area contributed by atoms with Crippen molar-refractivity contribution in [3.63, 3.8) is 0 Å². The van der Waals surface area contributed by atoms with Gasteiger partial charge in [0.15, 0.2) is 10.9 Å². The Bertz CT molecular complexity index is 1070. The molecule has 0 saturated carbocycles. The molecule has 5 heteroatoms. The van der Waals surface area contributed by atoms with E-state index in [9.17, 15) is 9.59 Å². The van der Waals surface area contributed by atoms with Gasteiger partial charge in [-0.05, 0) is 58.4 Å². The van der Waals surface area contributed by atoms with E-state index in [-0.39, 0.29) is 22.6 Å². The summed E-state index contributed by atoms with van der Waals surface area (Å²) < 4.78 is 1.68. The number of aromatic nitrogens is 2. The first-order valence-corrected chi connectivity index (χ1v) is 9.97. The molecular weight excluding hydrogens is 356 g/mol. The Labute approximate surface area is 163 Å². The van der Waals surface area contributed by atoms with Gasteiger partial charge in [-0.25, -0.2) is 4.98 Å². The summed E-state index contributed by atoms with van der Waals surface area (Å²) in [6, 6.07) is 13.2. The van der Waals surface area contributed by atoms with Gasteiger partial charge < -0.3 is 0 Å². The maximum absolute atomic E-state index is 13.0. The standard InChI is InChI=1S/C22H24N2O2S/c1-13(2)24-21(26)17-8-6-7-9-19(17)23-22(24)27-16(5)20(25)18-12-14(3)10-11-15(18)4/h6-13,16H,1-5H3/t16-/m1/s1. The molecule has 0 N–H and O–H groups in total. The van der Waals surface area contributed by atoms with Gasteiger partial charge in [0.25, 0.3) is 5.56 Å². The van der Waals surface area contributed by atoms with Crippen LogP contribution in [0.5, 0.6) is 0 Å². The van der Waals surface area contributed by atoms with Crippen LogP contribution < -0.4 is 5.56 Å². The molecule has 3 rings (SSSR count). The highest BCUT2D eigenvalue weighted by atomic mass is 32.2. The second-order valence-corrected chi connectivity index (χ2v) is 8.43. The zero-order chi connectivity index (χ0) is 19.7. The SMILES string of the molecule is Cc1ccc(C)c(C(=O)[C@@H](C)Sc2nc3ccccc3c(=O)n2C(C)C)c1. The Balaban J connectivity index is 2.03. The van der Waals surface area contributed by atoms with Crippen molar-refractivity contribution in [1.82, 2.24) is 9.55 Å². The molecule has 0 radical (unpaired) electrons. The normalized spacial score (nSPS) is 12.5. The molecule has 0 unspecified atom stereocenters. The number of ketones is 1. The van der Waals surface area contributed by atoms with Crippen LogP contribution in [0.2, 0.25) is 0 Å². The molecule has 0 bridgehead atoms. The molecule has 2 aromatic carbocycles. The first-order chi connectivity index (χ1) is 12.8. The summed E-state index contributed by atoms with van der Waals surface area (Å²) in [6.07, 6.45) is 0. The summed E-state index contributed by atoms with van der Waals surface area (Å²) in [7, 11) is 0. The molecule has 0 aliphatic carbocycles. The maximum Gasteiger partial charge on any atom is 0.262 e. The van der Waals surface area contributed by atoms with Gasteiger partial charge >= 0.3 is 0 Å². The Hall–Kier alpha value is -2.40. The lowest BCUT2D eigenvalue weighted by atomic mass is 10.0. The van der Waals surface area contributed by atoms with Crippen LogP contribution in [0, 0.1) is 13.8 Å². The van der Waals surface area contributed by atoms with Crippen LogP contribution in [0.1, 0.15) is 48.3 Å². The van der Waals surface area contributed by atoms with Crippen molar-refractivity contribution in [2.24, 2.45) is 0 Å². The molecule has 0 saturated heterocycles. The lowest BCUT2D eigenvalue weighted by Crippen LogP contribution is -2.26. The van der Waals surface area contributed by atoms with Crippen molar-refractivity contribution in [2.75, 3.05) is 0 Å². The number of nitrogens with zero attached hydrogens (tertiary/aromatic N) is 2. The number of carbonyl (C=O) groups is 1. The highest BCUT2D eigenvalue weighted by Crippen LogP contribution is 2.27. The van der Waals surface area contributed by atoms with Crippen molar-refractivity contribution < 1.29 is 4.79 Å². The fourth-order valence-electron chi connectivity index (χ4n) is 3.10. The minimum Gasteiger partial charge on any atom is -0.293 e. The third-order valence-electron chi connectivity index (χ3n) is 4.60. The number of hydrogen-bond donors (Lipinski definition) is 0. The van der Waals surface area contributed by atoms with Gasteiger partial charge in [0.2, 0.25) is 0 Å². The maximum atomic E-state index is 13.0. The summed E-state index contributed by atoms with van der Waals surface area (Å²) >= 11 is 1.35. The van der Waals surface area contributed by atoms with Crippen LogP contribution >= 0.6 is 11.8 Å². The molecule has 0 amide bonds. The first-order valence-electron chi connectivity index (χ1n) is 9.09. The molecule has 140 valence electrons. The van der Waals surface area contributed by atoms with Gasteiger partial charge in [-0.15, -0.1) is 0 Å². The predicted molar refractivity (Wildman–Crippen MR) is 112 cm³/mol. The largest absolute Gasteiger partial charge is 0.293 e. The number of fused-ring (bicyclic) bond motifs is 1. The van der Waals surface area contributed by atoms with E-state index in [0.29, 0.717) is 16.1 Å². The number of thioether (sulfide) groups is 1. The first kappa shape index (κ1) is 19.4. The molecule has 0 aliphatic heterocycles. The molecule has 1 atom stereocenters. The number of aryl methyl sites for hydroxylation is 2. The molecule has 27 heavy (non-hydrogen) atoms. The number of Topliss-reactive ketones (excluding diaryl/α,β-unsaturated/α-hetero) is 1. The fraction of sp³-hybridized carbons (Fsp3) is 0.318. The van der Waals surface area contributed by atoms with E-state index in [1.54, 1.807) is 10.6 Å². The van der Waals surface area contributed by atoms with E-state index in [1.807, 2.05) is 71.0 Å². The molecule has 0 fully saturated rings. The van der Waals surface area contributed by atoms with E-state index < -0.39 is 0 Å². The van der Waals surface area contributed by atoms with Crippen LogP contribution in [0.15, 0.2) is 52.4 Å². The van der Waals surface area contributed by atoms with E-state index in [2.05, 4.69) is 4.98 Å². The third kappa shape index (κ3) is 3.83. The summed E-state index contributed by atoms with van der Waals surface area (Å²) in [5.74, 6) is 0.0545. The van der Waals surface area contributed by atoms with Gasteiger partial charge in [-0.3, -0.25) is 14.2 Å². The molecule has 0 aliphatic rings. The van der Waals surface area contributed by atoms with E-state index in [4.69, 9.17) is 0 Å². The Morgan fingerprint density at radius 1 is 1.07 bits per heavy atom. The third-order valence-corrected chi connectivity index (χ3v) is 5.67. The highest BCUT2D eigenvalue weighted by Gasteiger charge is 2.22. The van der Waals surface area contributed by atoms with Gasteiger partial charge in [-0.1, -0.05) is 41.6 Å². The molecule has 1 aromatic heterocycles. The lowest BCUT2D eigenvalue weighted by molar-refractivity contribution is 0.0993. The van der Waals surface area contributed by atoms with Crippen molar-refractivity contribution in [3.05, 3.63) is 69.5 Å². The monoisotopic (exact) mass is 380 g/mol. The lowest BCUT2D eigenvalue weighted by Gasteiger charge is -2.19. The van der Waals surface area contributed by atoms with Crippen LogP contribution in [0.25, 0.3) is 10.9 Å². The topological polar surface area (TPSA) is 52.0 Å². The fourth-order valence-corrected chi connectivity index (χ4v) is 4.20. The number of para-hydroxylation sites is 1. The second-order valence-electron chi connectivity index (χ2n) is 7.12. The minimum absolute atomic E-state index is 0.0416. The average Bonchev–Trinajstić information content (AvgIpc) is 2.63. The smallest absolute Gasteiger partial charge is 0.262 e. The van der Waals surface area contributed by atoms with Crippen molar-refractivity contribution in [3.8, 4) is 0 Å². The van der Waals surface area contributed by atoms with E-state index in [1.165, 1.54) is 11.8 Å². The van der Waals surface area contributed by atoms with E-state index in [0.717, 1.165) is 16.7 Å². The van der Waals surface area contributed by atoms with Gasteiger partial charge in [0.05, 0.1) is 16.2 Å². The molecule has 3 aromatic rings. The summed E-state index contributed by atoms with van der Waals surface area (Å²) in [5.41, 5.74) is 3.35. The Morgan fingerprint density at radius 3 is 2.48 bits per heavy atom. The van der Waals surface area contributed by atoms with E-state index >= 15 is 0 Å². The van der Waals surface area contributed by atoms with Gasteiger partial charge in [-0.2, -0.15) is 0 Å². The highest BCUT2D eigenvalue weighted by molar-refractivity contribution is 8.00. The number of carbonyl (C=O) groups excluding carboxylic acids is 1. The summed E-state index contributed by atoms with van der Waals surface area (Å²) in [5, 5.41) is 0.840. The van der Waals surface area contributed by atoms with Crippen LogP contribution in [0.4, 0.5) is 0 Å². The van der Waals surface area contributed by atoms with Gasteiger partial charge in [0, 0.05) is 11.6 Å². The Kier molecular flexibility index (Phi) is 5.51. The molecular formula is C22H24N2O2S. The van der Waals surface area contributed by atoms with Crippen LogP contribution in [-0.2, 0) is 0 Å². The summed E-state index contributed by atoms with van der Waals surface area (Å²) in [4.78, 5) is 30.6. The predicted octanol–water partition coefficient (Wildman–Crippen LogP) is 4.96. The number of hydrogen-bond acceptors (Lipinski definition) is 4.